The lowest BCUT2D eigenvalue weighted by atomic mass is 10.1. The number of rotatable bonds is 9. The van der Waals surface area contributed by atoms with E-state index in [0.717, 1.165) is 27.0 Å². The molecule has 0 bridgehead atoms. The highest BCUT2D eigenvalue weighted by atomic mass is 79.9. The highest BCUT2D eigenvalue weighted by molar-refractivity contribution is 9.10. The number of methoxy groups -OCH3 is 1. The van der Waals surface area contributed by atoms with E-state index in [2.05, 4.69) is 31.1 Å². The second-order valence-electron chi connectivity index (χ2n) is 8.41. The number of halogens is 2. The molecule has 8 nitrogen and oxygen atoms in total. The SMILES string of the molecule is COc1ccc(S(=O)(=O)NCc2cccc(CNc3cc(-c4ccccc4Cl)nc4c(Br)cnn34)c2)cc1. The molecule has 5 rings (SSSR count). The zero-order chi connectivity index (χ0) is 26.7. The minimum atomic E-state index is -3.66. The first-order chi connectivity index (χ1) is 18.3. The number of nitrogens with one attached hydrogen (secondary N) is 2. The van der Waals surface area contributed by atoms with Crippen LogP contribution in [0.5, 0.6) is 5.75 Å². The van der Waals surface area contributed by atoms with E-state index in [9.17, 15) is 8.42 Å². The maximum absolute atomic E-state index is 12.7. The Balaban J connectivity index is 1.33. The lowest BCUT2D eigenvalue weighted by molar-refractivity contribution is 0.414. The maximum Gasteiger partial charge on any atom is 0.240 e. The van der Waals surface area contributed by atoms with Crippen LogP contribution in [0.4, 0.5) is 5.82 Å². The van der Waals surface area contributed by atoms with E-state index in [4.69, 9.17) is 21.3 Å². The van der Waals surface area contributed by atoms with Gasteiger partial charge in [0, 0.05) is 29.7 Å². The van der Waals surface area contributed by atoms with Crippen molar-refractivity contribution in [2.75, 3.05) is 12.4 Å². The number of hydrogen-bond donors (Lipinski definition) is 2. The molecular formula is C27H23BrClN5O3S. The van der Waals surface area contributed by atoms with E-state index in [1.54, 1.807) is 22.8 Å². The predicted octanol–water partition coefficient (Wildman–Crippen LogP) is 5.91. The van der Waals surface area contributed by atoms with Crippen LogP contribution in [-0.2, 0) is 23.1 Å². The van der Waals surface area contributed by atoms with Crippen molar-refractivity contribution < 1.29 is 13.2 Å². The van der Waals surface area contributed by atoms with Crippen LogP contribution in [-0.4, -0.2) is 30.1 Å². The summed E-state index contributed by atoms with van der Waals surface area (Å²) in [6, 6.07) is 23.4. The van der Waals surface area contributed by atoms with Gasteiger partial charge in [-0.15, -0.1) is 0 Å². The third-order valence-corrected chi connectivity index (χ3v) is 8.19. The Kier molecular flexibility index (Phi) is 7.66. The zero-order valence-electron chi connectivity index (χ0n) is 20.2. The standard InChI is InChI=1S/C27H23BrClN5O3S/c1-37-20-9-11-21(12-10-20)38(35,36)32-16-19-6-4-5-18(13-19)15-30-26-14-25(22-7-2-3-8-24(22)29)33-27-23(28)17-31-34(26)27/h2-14,17,30,32H,15-16H2,1H3. The molecule has 2 aromatic heterocycles. The minimum absolute atomic E-state index is 0.157. The van der Waals surface area contributed by atoms with Crippen molar-refractivity contribution in [2.24, 2.45) is 0 Å². The van der Waals surface area contributed by atoms with Gasteiger partial charge in [-0.05, 0) is 57.4 Å². The summed E-state index contributed by atoms with van der Waals surface area (Å²) in [5, 5.41) is 8.46. The molecule has 0 atom stereocenters. The number of aromatic nitrogens is 3. The van der Waals surface area contributed by atoms with Gasteiger partial charge in [0.25, 0.3) is 0 Å². The van der Waals surface area contributed by atoms with Crippen molar-refractivity contribution >= 4 is 49.0 Å². The van der Waals surface area contributed by atoms with Crippen molar-refractivity contribution in [1.82, 2.24) is 19.3 Å². The molecule has 11 heteroatoms. The first kappa shape index (κ1) is 26.2. The third kappa shape index (κ3) is 5.68. The number of benzene rings is 3. The third-order valence-electron chi connectivity index (χ3n) is 5.88. The van der Waals surface area contributed by atoms with Crippen molar-refractivity contribution in [3.8, 4) is 17.0 Å². The largest absolute Gasteiger partial charge is 0.497 e. The molecule has 0 saturated carbocycles. The summed E-state index contributed by atoms with van der Waals surface area (Å²) >= 11 is 9.95. The summed E-state index contributed by atoms with van der Waals surface area (Å²) in [5.41, 5.74) is 4.00. The fourth-order valence-electron chi connectivity index (χ4n) is 3.93. The molecule has 0 aliphatic heterocycles. The number of hydrogen-bond acceptors (Lipinski definition) is 6. The predicted molar refractivity (Wildman–Crippen MR) is 152 cm³/mol. The number of fused-ring (bicyclic) bond motifs is 1. The summed E-state index contributed by atoms with van der Waals surface area (Å²) in [4.78, 5) is 4.91. The molecular weight excluding hydrogens is 590 g/mol. The van der Waals surface area contributed by atoms with Crippen molar-refractivity contribution in [3.63, 3.8) is 0 Å². The molecule has 0 aliphatic rings. The Hall–Kier alpha value is -3.44. The smallest absolute Gasteiger partial charge is 0.240 e. The summed E-state index contributed by atoms with van der Waals surface area (Å²) in [5.74, 6) is 1.33. The van der Waals surface area contributed by atoms with Gasteiger partial charge in [0.05, 0.1) is 28.4 Å². The summed E-state index contributed by atoms with van der Waals surface area (Å²) < 4.78 is 35.7. The Bertz CT molecular complexity index is 1710. The summed E-state index contributed by atoms with van der Waals surface area (Å²) in [6.45, 7) is 0.641. The average molecular weight is 613 g/mol. The van der Waals surface area contributed by atoms with Crippen LogP contribution in [0, 0.1) is 0 Å². The van der Waals surface area contributed by atoms with Gasteiger partial charge in [0.1, 0.15) is 11.6 Å². The second-order valence-corrected chi connectivity index (χ2v) is 11.4. The molecule has 38 heavy (non-hydrogen) atoms. The van der Waals surface area contributed by atoms with Crippen LogP contribution in [0.25, 0.3) is 16.9 Å². The molecule has 5 aromatic rings. The molecule has 0 unspecified atom stereocenters. The van der Waals surface area contributed by atoms with Crippen molar-refractivity contribution in [1.29, 1.82) is 0 Å². The van der Waals surface area contributed by atoms with E-state index in [-0.39, 0.29) is 11.4 Å². The Morgan fingerprint density at radius 3 is 2.45 bits per heavy atom. The molecule has 0 fully saturated rings. The number of ether oxygens (including phenoxy) is 1. The first-order valence-corrected chi connectivity index (χ1v) is 14.2. The number of anilines is 1. The van der Waals surface area contributed by atoms with E-state index in [1.807, 2.05) is 54.6 Å². The van der Waals surface area contributed by atoms with Gasteiger partial charge >= 0.3 is 0 Å². The fourth-order valence-corrected chi connectivity index (χ4v) is 5.53. The van der Waals surface area contributed by atoms with Crippen molar-refractivity contribution in [3.05, 3.63) is 106 Å². The molecule has 0 spiro atoms. The minimum Gasteiger partial charge on any atom is -0.497 e. The maximum atomic E-state index is 12.7. The molecule has 0 aliphatic carbocycles. The molecule has 2 N–H and O–H groups in total. The van der Waals surface area contributed by atoms with Gasteiger partial charge in [0.15, 0.2) is 5.65 Å². The molecule has 0 amide bonds. The molecule has 194 valence electrons. The van der Waals surface area contributed by atoms with Gasteiger partial charge in [-0.25, -0.2) is 18.1 Å². The lowest BCUT2D eigenvalue weighted by Gasteiger charge is -2.13. The first-order valence-electron chi connectivity index (χ1n) is 11.6. The molecule has 3 aromatic carbocycles. The van der Waals surface area contributed by atoms with E-state index in [0.29, 0.717) is 28.7 Å². The second kappa shape index (κ2) is 11.1. The lowest BCUT2D eigenvalue weighted by Crippen LogP contribution is -2.23. The quantitative estimate of drug-likeness (QED) is 0.215. The Labute approximate surface area is 233 Å². The highest BCUT2D eigenvalue weighted by Gasteiger charge is 2.15. The van der Waals surface area contributed by atoms with E-state index < -0.39 is 10.0 Å². The monoisotopic (exact) mass is 611 g/mol. The van der Waals surface area contributed by atoms with E-state index >= 15 is 0 Å². The molecule has 0 radical (unpaired) electrons. The summed E-state index contributed by atoms with van der Waals surface area (Å²) in [6.07, 6.45) is 1.69. The van der Waals surface area contributed by atoms with Crippen LogP contribution in [0.15, 0.2) is 94.4 Å². The normalized spacial score (nSPS) is 11.6. The van der Waals surface area contributed by atoms with E-state index in [1.165, 1.54) is 19.2 Å². The zero-order valence-corrected chi connectivity index (χ0v) is 23.4. The van der Waals surface area contributed by atoms with Crippen molar-refractivity contribution in [2.45, 2.75) is 18.0 Å². The number of nitrogens with zero attached hydrogens (tertiary/aromatic N) is 3. The van der Waals surface area contributed by atoms with Crippen LogP contribution in [0.2, 0.25) is 5.02 Å². The Morgan fingerprint density at radius 2 is 1.71 bits per heavy atom. The highest BCUT2D eigenvalue weighted by Crippen LogP contribution is 2.30. The molecule has 0 saturated heterocycles. The fraction of sp³-hybridized carbons (Fsp3) is 0.111. The van der Waals surface area contributed by atoms with Crippen LogP contribution >= 0.6 is 27.5 Å². The summed E-state index contributed by atoms with van der Waals surface area (Å²) in [7, 11) is -2.13. The van der Waals surface area contributed by atoms with Gasteiger partial charge in [0.2, 0.25) is 10.0 Å². The topological polar surface area (TPSA) is 97.6 Å². The average Bonchev–Trinajstić information content (AvgIpc) is 3.31. The van der Waals surface area contributed by atoms with Gasteiger partial charge in [-0.1, -0.05) is 54.1 Å². The molecule has 2 heterocycles. The van der Waals surface area contributed by atoms with Gasteiger partial charge in [-0.3, -0.25) is 0 Å². The Morgan fingerprint density at radius 1 is 0.974 bits per heavy atom. The van der Waals surface area contributed by atoms with Crippen LogP contribution in [0.1, 0.15) is 11.1 Å². The van der Waals surface area contributed by atoms with Crippen LogP contribution < -0.4 is 14.8 Å². The van der Waals surface area contributed by atoms with Gasteiger partial charge in [-0.2, -0.15) is 9.61 Å². The van der Waals surface area contributed by atoms with Gasteiger partial charge < -0.3 is 10.1 Å². The number of sulfonamides is 1. The van der Waals surface area contributed by atoms with Crippen LogP contribution in [0.3, 0.4) is 0 Å².